The number of benzene rings is 1. The molecule has 1 fully saturated rings. The van der Waals surface area contributed by atoms with Crippen LogP contribution in [0.3, 0.4) is 0 Å². The van der Waals surface area contributed by atoms with Crippen molar-refractivity contribution >= 4 is 11.9 Å². The highest BCUT2D eigenvalue weighted by Gasteiger charge is 2.28. The summed E-state index contributed by atoms with van der Waals surface area (Å²) in [5, 5.41) is 30.3. The van der Waals surface area contributed by atoms with Crippen LogP contribution in [0.5, 0.6) is 11.5 Å². The molecule has 1 aliphatic heterocycles. The molecule has 7 nitrogen and oxygen atoms in total. The lowest BCUT2D eigenvalue weighted by Gasteiger charge is -2.17. The number of carboxylic acid groups (broad SMARTS) is 1. The third kappa shape index (κ3) is 3.85. The maximum absolute atomic E-state index is 11.9. The van der Waals surface area contributed by atoms with Crippen molar-refractivity contribution in [3.63, 3.8) is 0 Å². The molecule has 0 aromatic heterocycles. The minimum Gasteiger partial charge on any atom is -0.504 e. The molecule has 0 bridgehead atoms. The highest BCUT2D eigenvalue weighted by Crippen LogP contribution is 2.25. The van der Waals surface area contributed by atoms with Crippen LogP contribution >= 0.6 is 0 Å². The van der Waals surface area contributed by atoms with Gasteiger partial charge in [-0.05, 0) is 24.1 Å². The highest BCUT2D eigenvalue weighted by atomic mass is 16.5. The quantitative estimate of drug-likeness (QED) is 0.579. The predicted octanol–water partition coefficient (Wildman–Crippen LogP) is 0.246. The van der Waals surface area contributed by atoms with Gasteiger partial charge in [-0.2, -0.15) is 0 Å². The maximum Gasteiger partial charge on any atom is 0.326 e. The Morgan fingerprint density at radius 2 is 2.10 bits per heavy atom. The SMILES string of the molecule is O=C(NC(Cc1ccc(O)c(O)c1)C(=O)O)C1CCOC1. The van der Waals surface area contributed by atoms with Gasteiger partial charge in [0.05, 0.1) is 12.5 Å². The first kappa shape index (κ1) is 15.1. The standard InChI is InChI=1S/C14H17NO6/c16-11-2-1-8(6-12(11)17)5-10(14(19)20)15-13(18)9-3-4-21-7-9/h1-2,6,9-10,16-17H,3-5,7H2,(H,15,18)(H,19,20). The largest absolute Gasteiger partial charge is 0.504 e. The topological polar surface area (TPSA) is 116 Å². The van der Waals surface area contributed by atoms with Crippen LogP contribution in [0.15, 0.2) is 18.2 Å². The second kappa shape index (κ2) is 6.45. The molecule has 2 unspecified atom stereocenters. The number of carbonyl (C=O) groups excluding carboxylic acids is 1. The molecule has 0 spiro atoms. The van der Waals surface area contributed by atoms with E-state index in [1.54, 1.807) is 0 Å². The van der Waals surface area contributed by atoms with Crippen LogP contribution in [-0.2, 0) is 20.7 Å². The third-order valence-corrected chi connectivity index (χ3v) is 3.39. The van der Waals surface area contributed by atoms with Gasteiger partial charge in [-0.1, -0.05) is 6.07 Å². The van der Waals surface area contributed by atoms with Gasteiger partial charge in [-0.25, -0.2) is 4.79 Å². The monoisotopic (exact) mass is 295 g/mol. The van der Waals surface area contributed by atoms with Crippen molar-refractivity contribution in [1.29, 1.82) is 0 Å². The Balaban J connectivity index is 2.03. The number of nitrogens with one attached hydrogen (secondary N) is 1. The lowest BCUT2D eigenvalue weighted by Crippen LogP contribution is -2.45. The van der Waals surface area contributed by atoms with Gasteiger partial charge in [0.1, 0.15) is 6.04 Å². The van der Waals surface area contributed by atoms with Crippen molar-refractivity contribution in [2.75, 3.05) is 13.2 Å². The average Bonchev–Trinajstić information content (AvgIpc) is 2.96. The number of ether oxygens (including phenoxy) is 1. The first-order chi connectivity index (χ1) is 9.97. The van der Waals surface area contributed by atoms with Gasteiger partial charge in [0.15, 0.2) is 11.5 Å². The Morgan fingerprint density at radius 1 is 1.33 bits per heavy atom. The van der Waals surface area contributed by atoms with E-state index in [0.717, 1.165) is 0 Å². The normalized spacial score (nSPS) is 19.1. The molecule has 7 heteroatoms. The molecule has 0 aliphatic carbocycles. The molecule has 0 saturated carbocycles. The minimum absolute atomic E-state index is 0.0164. The number of carboxylic acids is 1. The first-order valence-electron chi connectivity index (χ1n) is 6.59. The molecular weight excluding hydrogens is 278 g/mol. The molecule has 1 amide bonds. The molecule has 1 aliphatic rings. The number of phenolic OH excluding ortho intramolecular Hbond substituents is 2. The number of aromatic hydroxyl groups is 2. The molecule has 1 aromatic carbocycles. The summed E-state index contributed by atoms with van der Waals surface area (Å²) >= 11 is 0. The van der Waals surface area contributed by atoms with Crippen molar-refractivity contribution in [3.8, 4) is 11.5 Å². The molecule has 1 aromatic rings. The summed E-state index contributed by atoms with van der Waals surface area (Å²) in [6, 6.07) is 2.95. The lowest BCUT2D eigenvalue weighted by molar-refractivity contribution is -0.142. The van der Waals surface area contributed by atoms with E-state index >= 15 is 0 Å². The molecule has 21 heavy (non-hydrogen) atoms. The molecule has 0 radical (unpaired) electrons. The molecule has 4 N–H and O–H groups in total. The second-order valence-electron chi connectivity index (χ2n) is 4.99. The Bertz CT molecular complexity index is 538. The number of carbonyl (C=O) groups is 2. The number of amides is 1. The highest BCUT2D eigenvalue weighted by molar-refractivity contribution is 5.85. The van der Waals surface area contributed by atoms with Crippen LogP contribution in [0.1, 0.15) is 12.0 Å². The fourth-order valence-electron chi connectivity index (χ4n) is 2.16. The zero-order valence-electron chi connectivity index (χ0n) is 11.3. The summed E-state index contributed by atoms with van der Waals surface area (Å²) in [5.74, 6) is -2.43. The van der Waals surface area contributed by atoms with Crippen molar-refractivity contribution < 1.29 is 29.6 Å². The van der Waals surface area contributed by atoms with E-state index < -0.39 is 12.0 Å². The molecular formula is C14H17NO6. The Labute approximate surface area is 121 Å². The number of aliphatic carboxylic acids is 1. The van der Waals surface area contributed by atoms with Crippen molar-refractivity contribution in [2.24, 2.45) is 5.92 Å². The van der Waals surface area contributed by atoms with Gasteiger partial charge in [0.25, 0.3) is 0 Å². The zero-order chi connectivity index (χ0) is 15.4. The number of phenols is 2. The van der Waals surface area contributed by atoms with E-state index in [0.29, 0.717) is 25.2 Å². The first-order valence-corrected chi connectivity index (χ1v) is 6.59. The van der Waals surface area contributed by atoms with Gasteiger partial charge < -0.3 is 25.4 Å². The number of rotatable bonds is 5. The van der Waals surface area contributed by atoms with E-state index in [4.69, 9.17) is 4.74 Å². The van der Waals surface area contributed by atoms with Crippen LogP contribution in [0, 0.1) is 5.92 Å². The summed E-state index contributed by atoms with van der Waals surface area (Å²) in [6.45, 7) is 0.805. The van der Waals surface area contributed by atoms with Crippen LogP contribution in [-0.4, -0.2) is 46.5 Å². The molecule has 2 rings (SSSR count). The van der Waals surface area contributed by atoms with Gasteiger partial charge in [0.2, 0.25) is 5.91 Å². The third-order valence-electron chi connectivity index (χ3n) is 3.39. The van der Waals surface area contributed by atoms with E-state index in [2.05, 4.69) is 5.32 Å². The fourth-order valence-corrected chi connectivity index (χ4v) is 2.16. The average molecular weight is 295 g/mol. The van der Waals surface area contributed by atoms with Crippen LogP contribution in [0.25, 0.3) is 0 Å². The summed E-state index contributed by atoms with van der Waals surface area (Å²) in [6.07, 6.45) is 0.598. The van der Waals surface area contributed by atoms with Gasteiger partial charge in [-0.3, -0.25) is 4.79 Å². The Morgan fingerprint density at radius 3 is 2.67 bits per heavy atom. The van der Waals surface area contributed by atoms with Crippen molar-refractivity contribution in [3.05, 3.63) is 23.8 Å². The molecule has 1 heterocycles. The molecule has 114 valence electrons. The van der Waals surface area contributed by atoms with Crippen molar-refractivity contribution in [1.82, 2.24) is 5.32 Å². The predicted molar refractivity (Wildman–Crippen MR) is 72.0 cm³/mol. The van der Waals surface area contributed by atoms with Crippen LogP contribution in [0.4, 0.5) is 0 Å². The molecule has 1 saturated heterocycles. The van der Waals surface area contributed by atoms with Gasteiger partial charge in [0, 0.05) is 13.0 Å². The van der Waals surface area contributed by atoms with E-state index in [1.165, 1.54) is 18.2 Å². The Kier molecular flexibility index (Phi) is 4.64. The lowest BCUT2D eigenvalue weighted by atomic mass is 10.0. The van der Waals surface area contributed by atoms with E-state index in [9.17, 15) is 24.9 Å². The number of hydrogen-bond donors (Lipinski definition) is 4. The Hall–Kier alpha value is -2.28. The second-order valence-corrected chi connectivity index (χ2v) is 4.99. The summed E-state index contributed by atoms with van der Waals surface area (Å²) in [5.41, 5.74) is 0.501. The van der Waals surface area contributed by atoms with Crippen LogP contribution in [0.2, 0.25) is 0 Å². The summed E-state index contributed by atoms with van der Waals surface area (Å²) < 4.78 is 5.10. The molecule has 2 atom stereocenters. The summed E-state index contributed by atoms with van der Waals surface area (Å²) in [7, 11) is 0. The minimum atomic E-state index is -1.16. The fraction of sp³-hybridized carbons (Fsp3) is 0.429. The van der Waals surface area contributed by atoms with Gasteiger partial charge in [-0.15, -0.1) is 0 Å². The van der Waals surface area contributed by atoms with E-state index in [-0.39, 0.29) is 29.7 Å². The maximum atomic E-state index is 11.9. The van der Waals surface area contributed by atoms with Gasteiger partial charge >= 0.3 is 5.97 Å². The zero-order valence-corrected chi connectivity index (χ0v) is 11.3. The van der Waals surface area contributed by atoms with Crippen LogP contribution < -0.4 is 5.32 Å². The van der Waals surface area contributed by atoms with Crippen molar-refractivity contribution in [2.45, 2.75) is 18.9 Å². The summed E-state index contributed by atoms with van der Waals surface area (Å²) in [4.78, 5) is 23.2. The van der Waals surface area contributed by atoms with E-state index in [1.807, 2.05) is 0 Å². The smallest absolute Gasteiger partial charge is 0.326 e. The number of hydrogen-bond acceptors (Lipinski definition) is 5.